The molecule has 0 aliphatic carbocycles. The SMILES string of the molecule is CC(C)(C)OC(=O)CCC(=O)C(F)(F)Sc1ncc(Br)n1-c1ccc(C#N)c2ccccc12. The van der Waals surface area contributed by atoms with Gasteiger partial charge in [-0.3, -0.25) is 14.2 Å². The monoisotopic (exact) mass is 535 g/mol. The van der Waals surface area contributed by atoms with Gasteiger partial charge >= 0.3 is 11.2 Å². The Morgan fingerprint density at radius 3 is 2.45 bits per heavy atom. The molecule has 10 heteroatoms. The number of esters is 1. The van der Waals surface area contributed by atoms with Gasteiger partial charge in [-0.1, -0.05) is 24.3 Å². The molecule has 172 valence electrons. The molecule has 0 saturated heterocycles. The predicted octanol–water partition coefficient (Wildman–Crippen LogP) is 6.04. The first-order valence-corrected chi connectivity index (χ1v) is 11.5. The minimum absolute atomic E-state index is 0.00146. The number of carbonyl (C=O) groups excluding carboxylic acids is 2. The lowest BCUT2D eigenvalue weighted by atomic mass is 10.0. The van der Waals surface area contributed by atoms with E-state index in [0.29, 0.717) is 26.6 Å². The molecule has 0 saturated carbocycles. The molecule has 1 heterocycles. The van der Waals surface area contributed by atoms with E-state index in [9.17, 15) is 23.6 Å². The van der Waals surface area contributed by atoms with Crippen molar-refractivity contribution in [3.8, 4) is 11.8 Å². The van der Waals surface area contributed by atoms with Gasteiger partial charge in [0, 0.05) is 17.2 Å². The van der Waals surface area contributed by atoms with E-state index in [1.54, 1.807) is 57.2 Å². The topological polar surface area (TPSA) is 85.0 Å². The Morgan fingerprint density at radius 2 is 1.82 bits per heavy atom. The predicted molar refractivity (Wildman–Crippen MR) is 124 cm³/mol. The van der Waals surface area contributed by atoms with Crippen molar-refractivity contribution in [2.45, 2.75) is 49.6 Å². The van der Waals surface area contributed by atoms with Crippen molar-refractivity contribution in [1.82, 2.24) is 9.55 Å². The van der Waals surface area contributed by atoms with Crippen LogP contribution in [0.5, 0.6) is 0 Å². The Bertz CT molecular complexity index is 1260. The summed E-state index contributed by atoms with van der Waals surface area (Å²) in [6.07, 6.45) is 0.262. The maximum atomic E-state index is 14.8. The summed E-state index contributed by atoms with van der Waals surface area (Å²) in [4.78, 5) is 28.1. The van der Waals surface area contributed by atoms with Gasteiger partial charge in [-0.2, -0.15) is 14.0 Å². The van der Waals surface area contributed by atoms with Crippen molar-refractivity contribution in [1.29, 1.82) is 5.26 Å². The van der Waals surface area contributed by atoms with E-state index in [0.717, 1.165) is 0 Å². The number of rotatable bonds is 7. The van der Waals surface area contributed by atoms with Crippen molar-refractivity contribution < 1.29 is 23.1 Å². The van der Waals surface area contributed by atoms with Crippen LogP contribution in [0.4, 0.5) is 8.78 Å². The number of benzene rings is 2. The maximum absolute atomic E-state index is 14.8. The summed E-state index contributed by atoms with van der Waals surface area (Å²) in [6.45, 7) is 4.96. The number of carbonyl (C=O) groups is 2. The van der Waals surface area contributed by atoms with Gasteiger partial charge in [-0.25, -0.2) is 4.98 Å². The van der Waals surface area contributed by atoms with Gasteiger partial charge in [0.25, 0.3) is 0 Å². The van der Waals surface area contributed by atoms with Gasteiger partial charge < -0.3 is 4.74 Å². The highest BCUT2D eigenvalue weighted by Gasteiger charge is 2.41. The molecule has 0 amide bonds. The van der Waals surface area contributed by atoms with E-state index >= 15 is 0 Å². The number of alkyl halides is 2. The molecule has 0 radical (unpaired) electrons. The fourth-order valence-corrected chi connectivity index (χ4v) is 4.52. The van der Waals surface area contributed by atoms with Crippen molar-refractivity contribution in [2.24, 2.45) is 0 Å². The molecule has 0 atom stereocenters. The molecule has 1 aromatic heterocycles. The van der Waals surface area contributed by atoms with E-state index in [1.807, 2.05) is 0 Å². The number of aromatic nitrogens is 2. The van der Waals surface area contributed by atoms with Crippen LogP contribution >= 0.6 is 27.7 Å². The second-order valence-corrected chi connectivity index (χ2v) is 10.0. The number of hydrogen-bond donors (Lipinski definition) is 0. The molecule has 6 nitrogen and oxygen atoms in total. The molecule has 3 rings (SSSR count). The summed E-state index contributed by atoms with van der Waals surface area (Å²) in [7, 11) is 0. The number of nitrogens with zero attached hydrogens (tertiary/aromatic N) is 3. The third-order valence-corrected chi connectivity index (χ3v) is 5.98. The van der Waals surface area contributed by atoms with Gasteiger partial charge in [0.1, 0.15) is 10.2 Å². The number of ketones is 1. The summed E-state index contributed by atoms with van der Waals surface area (Å²) in [5.74, 6) is -2.11. The zero-order valence-corrected chi connectivity index (χ0v) is 20.5. The van der Waals surface area contributed by atoms with Gasteiger partial charge in [-0.15, -0.1) is 0 Å². The molecule has 0 aliphatic heterocycles. The summed E-state index contributed by atoms with van der Waals surface area (Å²) in [6, 6.07) is 12.5. The van der Waals surface area contributed by atoms with Gasteiger partial charge in [-0.05, 0) is 60.6 Å². The minimum Gasteiger partial charge on any atom is -0.460 e. The second kappa shape index (κ2) is 9.61. The Kier molecular flexibility index (Phi) is 7.24. The lowest BCUT2D eigenvalue weighted by Crippen LogP contribution is -2.28. The first-order valence-electron chi connectivity index (χ1n) is 9.90. The lowest BCUT2D eigenvalue weighted by Gasteiger charge is -2.20. The molecule has 3 aromatic rings. The van der Waals surface area contributed by atoms with Crippen LogP contribution in [0.3, 0.4) is 0 Å². The highest BCUT2D eigenvalue weighted by Crippen LogP contribution is 2.40. The van der Waals surface area contributed by atoms with Crippen LogP contribution in [0, 0.1) is 11.3 Å². The number of ether oxygens (including phenoxy) is 1. The van der Waals surface area contributed by atoms with Crippen molar-refractivity contribution >= 4 is 50.2 Å². The largest absolute Gasteiger partial charge is 0.460 e. The van der Waals surface area contributed by atoms with Gasteiger partial charge in [0.05, 0.1) is 29.9 Å². The second-order valence-electron chi connectivity index (χ2n) is 8.12. The molecule has 33 heavy (non-hydrogen) atoms. The Hall–Kier alpha value is -2.77. The van der Waals surface area contributed by atoms with E-state index in [-0.39, 0.29) is 16.9 Å². The number of fused-ring (bicyclic) bond motifs is 1. The molecule has 0 N–H and O–H groups in total. The number of imidazole rings is 1. The summed E-state index contributed by atoms with van der Waals surface area (Å²) < 4.78 is 36.5. The van der Waals surface area contributed by atoms with Gasteiger partial charge in [0.15, 0.2) is 5.16 Å². The number of Topliss-reactive ketones (excluding diaryl/α,β-unsaturated/α-hetero) is 1. The maximum Gasteiger partial charge on any atom is 0.358 e. The fraction of sp³-hybridized carbons (Fsp3) is 0.304. The highest BCUT2D eigenvalue weighted by atomic mass is 79.9. The van der Waals surface area contributed by atoms with Crippen LogP contribution in [0.15, 0.2) is 52.4 Å². The smallest absolute Gasteiger partial charge is 0.358 e. The van der Waals surface area contributed by atoms with Crippen LogP contribution in [0.25, 0.3) is 16.5 Å². The fourth-order valence-electron chi connectivity index (χ4n) is 3.11. The molecule has 0 spiro atoms. The first kappa shape index (κ1) is 24.9. The molecule has 0 aliphatic rings. The highest BCUT2D eigenvalue weighted by molar-refractivity contribution is 9.10. The minimum atomic E-state index is -3.81. The van der Waals surface area contributed by atoms with E-state index in [2.05, 4.69) is 27.0 Å². The standard InChI is InChI=1S/C23H20BrF2N3O3S/c1-22(2,3)32-20(31)11-10-18(30)23(25,26)33-21-28-13-19(24)29(21)17-9-8-14(12-27)15-6-4-5-7-16(15)17/h4-9,13H,10-11H2,1-3H3. The average Bonchev–Trinajstić information content (AvgIpc) is 3.09. The zero-order valence-electron chi connectivity index (χ0n) is 18.1. The van der Waals surface area contributed by atoms with Crippen LogP contribution in [-0.2, 0) is 14.3 Å². The normalized spacial score (nSPS) is 11.9. The molecular formula is C23H20BrF2N3O3S. The summed E-state index contributed by atoms with van der Waals surface area (Å²) >= 11 is 3.33. The Morgan fingerprint density at radius 1 is 1.15 bits per heavy atom. The molecule has 2 aromatic carbocycles. The third kappa shape index (κ3) is 5.78. The van der Waals surface area contributed by atoms with Gasteiger partial charge in [0.2, 0.25) is 5.78 Å². The summed E-state index contributed by atoms with van der Waals surface area (Å²) in [5, 5.41) is 6.77. The number of nitriles is 1. The lowest BCUT2D eigenvalue weighted by molar-refractivity contribution is -0.156. The molecule has 0 bridgehead atoms. The van der Waals surface area contributed by atoms with E-state index < -0.39 is 35.4 Å². The molecular weight excluding hydrogens is 516 g/mol. The average molecular weight is 536 g/mol. The Labute approximate surface area is 202 Å². The quantitative estimate of drug-likeness (QED) is 0.271. The van der Waals surface area contributed by atoms with E-state index in [1.165, 1.54) is 10.8 Å². The molecule has 0 fully saturated rings. The summed E-state index contributed by atoms with van der Waals surface area (Å²) in [5.41, 5.74) is 0.203. The van der Waals surface area contributed by atoms with Crippen LogP contribution in [-0.4, -0.2) is 32.2 Å². The number of halogens is 3. The van der Waals surface area contributed by atoms with Crippen LogP contribution < -0.4 is 0 Å². The Balaban J connectivity index is 1.88. The van der Waals surface area contributed by atoms with E-state index in [4.69, 9.17) is 4.74 Å². The first-order chi connectivity index (χ1) is 15.4. The number of hydrogen-bond acceptors (Lipinski definition) is 6. The van der Waals surface area contributed by atoms with Crippen molar-refractivity contribution in [3.05, 3.63) is 52.8 Å². The van der Waals surface area contributed by atoms with Crippen molar-refractivity contribution in [3.63, 3.8) is 0 Å². The van der Waals surface area contributed by atoms with Crippen LogP contribution in [0.2, 0.25) is 0 Å². The van der Waals surface area contributed by atoms with Crippen molar-refractivity contribution in [2.75, 3.05) is 0 Å². The third-order valence-electron chi connectivity index (χ3n) is 4.47. The van der Waals surface area contributed by atoms with Crippen LogP contribution in [0.1, 0.15) is 39.2 Å². The molecule has 0 unspecified atom stereocenters. The zero-order chi connectivity index (χ0) is 24.4. The number of thioether (sulfide) groups is 1.